The van der Waals surface area contributed by atoms with Crippen molar-refractivity contribution >= 4 is 0 Å². The summed E-state index contributed by atoms with van der Waals surface area (Å²) < 4.78 is 18.6. The molecule has 2 aliphatic heterocycles. The lowest BCUT2D eigenvalue weighted by atomic mass is 9.50. The predicted octanol–water partition coefficient (Wildman–Crippen LogP) is 5.71. The Morgan fingerprint density at radius 3 is 2.50 bits per heavy atom. The second kappa shape index (κ2) is 6.45. The molecule has 0 bridgehead atoms. The second-order valence-electron chi connectivity index (χ2n) is 12.4. The molecular formula is C27H39O3. The van der Waals surface area contributed by atoms with Gasteiger partial charge in [-0.05, 0) is 61.7 Å². The van der Waals surface area contributed by atoms with Crippen molar-refractivity contribution in [2.24, 2.45) is 39.9 Å². The summed E-state index contributed by atoms with van der Waals surface area (Å²) in [6.45, 7) is 13.6. The van der Waals surface area contributed by atoms with Crippen LogP contribution in [0.15, 0.2) is 23.3 Å². The molecule has 0 spiro atoms. The maximum Gasteiger partial charge on any atom is 0.160 e. The van der Waals surface area contributed by atoms with Crippen molar-refractivity contribution in [3.63, 3.8) is 0 Å². The van der Waals surface area contributed by atoms with Crippen molar-refractivity contribution in [1.29, 1.82) is 0 Å². The molecule has 4 aliphatic carbocycles. The third kappa shape index (κ3) is 2.67. The number of hydrogen-bond donors (Lipinski definition) is 0. The summed E-state index contributed by atoms with van der Waals surface area (Å²) in [5, 5.41) is 0. The first-order valence-corrected chi connectivity index (χ1v) is 12.4. The number of rotatable bonds is 2. The normalized spacial score (nSPS) is 50.4. The highest BCUT2D eigenvalue weighted by atomic mass is 16.7. The maximum absolute atomic E-state index is 6.24. The minimum Gasteiger partial charge on any atom is -0.368 e. The Morgan fingerprint density at radius 1 is 0.967 bits per heavy atom. The van der Waals surface area contributed by atoms with Gasteiger partial charge in [-0.3, -0.25) is 0 Å². The first kappa shape index (κ1) is 20.0. The molecule has 0 aromatic heterocycles. The lowest BCUT2D eigenvalue weighted by Crippen LogP contribution is -2.49. The van der Waals surface area contributed by atoms with Crippen LogP contribution in [0.4, 0.5) is 0 Å². The van der Waals surface area contributed by atoms with Gasteiger partial charge >= 0.3 is 0 Å². The van der Waals surface area contributed by atoms with E-state index >= 15 is 0 Å². The van der Waals surface area contributed by atoms with Crippen LogP contribution in [0.2, 0.25) is 0 Å². The molecule has 3 nitrogen and oxygen atoms in total. The Hall–Kier alpha value is -0.640. The first-order valence-electron chi connectivity index (χ1n) is 12.4. The van der Waals surface area contributed by atoms with E-state index in [0.29, 0.717) is 41.3 Å². The zero-order valence-electron chi connectivity index (χ0n) is 19.4. The van der Waals surface area contributed by atoms with Crippen molar-refractivity contribution < 1.29 is 14.2 Å². The highest BCUT2D eigenvalue weighted by molar-refractivity contribution is 5.43. The van der Waals surface area contributed by atoms with Crippen LogP contribution in [-0.4, -0.2) is 31.7 Å². The molecule has 165 valence electrons. The summed E-state index contributed by atoms with van der Waals surface area (Å²) in [5.74, 6) is 2.52. The molecular weight excluding hydrogens is 372 g/mol. The quantitative estimate of drug-likeness (QED) is 0.545. The lowest BCUT2D eigenvalue weighted by molar-refractivity contribution is -0.252. The summed E-state index contributed by atoms with van der Waals surface area (Å²) in [7, 11) is 0. The molecule has 8 atom stereocenters. The zero-order chi connectivity index (χ0) is 20.9. The van der Waals surface area contributed by atoms with Gasteiger partial charge in [0.2, 0.25) is 0 Å². The van der Waals surface area contributed by atoms with Gasteiger partial charge in [-0.1, -0.05) is 57.9 Å². The van der Waals surface area contributed by atoms with E-state index in [9.17, 15) is 0 Å². The fourth-order valence-corrected chi connectivity index (χ4v) is 8.27. The van der Waals surface area contributed by atoms with Gasteiger partial charge in [0.15, 0.2) is 6.29 Å². The molecule has 2 saturated heterocycles. The van der Waals surface area contributed by atoms with Crippen LogP contribution in [-0.2, 0) is 14.2 Å². The Bertz CT molecular complexity index is 786. The van der Waals surface area contributed by atoms with E-state index in [1.54, 1.807) is 11.1 Å². The third-order valence-corrected chi connectivity index (χ3v) is 10.1. The molecule has 3 heteroatoms. The van der Waals surface area contributed by atoms with Crippen LogP contribution in [0.3, 0.4) is 0 Å². The van der Waals surface area contributed by atoms with E-state index in [2.05, 4.69) is 53.2 Å². The van der Waals surface area contributed by atoms with Crippen LogP contribution in [0, 0.1) is 46.3 Å². The molecule has 0 N–H and O–H groups in total. The van der Waals surface area contributed by atoms with Crippen LogP contribution in [0.5, 0.6) is 0 Å². The van der Waals surface area contributed by atoms with Gasteiger partial charge in [0, 0.05) is 16.7 Å². The van der Waals surface area contributed by atoms with Gasteiger partial charge in [0.25, 0.3) is 0 Å². The molecule has 0 aromatic rings. The standard InChI is InChI=1S/C27H39O3/c1-16(24-28-14-25(2,3)15-29-24)19-9-10-20-18-8-6-17-7-11-22-23(30-22)27(17,5)21(18)12-13-26(19,20)4/h6,8,11,16,19-24H,7,9-10,12-15H2,1-5H3/t16?,19-,20+,21+,22+,23+,26-,27+/m1/s1. The highest BCUT2D eigenvalue weighted by Gasteiger charge is 2.64. The fraction of sp³-hybridized carbons (Fsp3) is 0.815. The number of ether oxygens (including phenoxy) is 3. The monoisotopic (exact) mass is 411 g/mol. The molecule has 1 radical (unpaired) electrons. The van der Waals surface area contributed by atoms with Gasteiger partial charge in [-0.2, -0.15) is 0 Å². The van der Waals surface area contributed by atoms with Crippen LogP contribution < -0.4 is 0 Å². The maximum atomic E-state index is 6.24. The van der Waals surface area contributed by atoms with E-state index in [4.69, 9.17) is 14.2 Å². The van der Waals surface area contributed by atoms with E-state index in [0.717, 1.165) is 19.6 Å². The Morgan fingerprint density at radius 2 is 1.73 bits per heavy atom. The van der Waals surface area contributed by atoms with Crippen molar-refractivity contribution in [3.05, 3.63) is 29.7 Å². The Kier molecular flexibility index (Phi) is 4.30. The zero-order valence-corrected chi connectivity index (χ0v) is 19.4. The molecule has 30 heavy (non-hydrogen) atoms. The van der Waals surface area contributed by atoms with E-state index < -0.39 is 0 Å². The number of fused-ring (bicyclic) bond motifs is 7. The molecule has 0 amide bonds. The molecule has 6 aliphatic rings. The molecule has 0 aromatic carbocycles. The first-order chi connectivity index (χ1) is 14.2. The van der Waals surface area contributed by atoms with Crippen molar-refractivity contribution in [2.75, 3.05) is 13.2 Å². The summed E-state index contributed by atoms with van der Waals surface area (Å²) >= 11 is 0. The summed E-state index contributed by atoms with van der Waals surface area (Å²) in [5.41, 5.74) is 4.10. The predicted molar refractivity (Wildman–Crippen MR) is 118 cm³/mol. The van der Waals surface area contributed by atoms with Crippen molar-refractivity contribution in [1.82, 2.24) is 0 Å². The molecule has 6 rings (SSSR count). The Balaban J connectivity index is 1.25. The minimum absolute atomic E-state index is 0.0322. The largest absolute Gasteiger partial charge is 0.368 e. The van der Waals surface area contributed by atoms with Gasteiger partial charge in [0.1, 0.15) is 0 Å². The fourth-order valence-electron chi connectivity index (χ4n) is 8.27. The number of epoxide rings is 1. The van der Waals surface area contributed by atoms with Gasteiger partial charge in [-0.15, -0.1) is 0 Å². The molecule has 2 heterocycles. The van der Waals surface area contributed by atoms with Crippen LogP contribution in [0.25, 0.3) is 0 Å². The van der Waals surface area contributed by atoms with Gasteiger partial charge in [-0.25, -0.2) is 0 Å². The summed E-state index contributed by atoms with van der Waals surface area (Å²) in [6, 6.07) is 0. The van der Waals surface area contributed by atoms with Gasteiger partial charge in [0.05, 0.1) is 25.4 Å². The van der Waals surface area contributed by atoms with Crippen LogP contribution in [0.1, 0.15) is 66.7 Å². The lowest BCUT2D eigenvalue weighted by Gasteiger charge is -2.54. The van der Waals surface area contributed by atoms with E-state index in [-0.39, 0.29) is 17.1 Å². The average molecular weight is 412 g/mol. The summed E-state index contributed by atoms with van der Waals surface area (Å²) in [6.07, 6.45) is 14.6. The molecule has 1 unspecified atom stereocenters. The molecule has 5 fully saturated rings. The minimum atomic E-state index is -0.0322. The summed E-state index contributed by atoms with van der Waals surface area (Å²) in [4.78, 5) is 0. The average Bonchev–Trinajstić information content (AvgIpc) is 3.42. The second-order valence-corrected chi connectivity index (χ2v) is 12.4. The third-order valence-electron chi connectivity index (χ3n) is 10.1. The van der Waals surface area contributed by atoms with Crippen molar-refractivity contribution in [2.45, 2.75) is 85.2 Å². The topological polar surface area (TPSA) is 31.0 Å². The molecule has 3 saturated carbocycles. The highest BCUT2D eigenvalue weighted by Crippen LogP contribution is 2.68. The Labute approximate surface area is 182 Å². The smallest absolute Gasteiger partial charge is 0.160 e. The van der Waals surface area contributed by atoms with Crippen LogP contribution >= 0.6 is 0 Å². The van der Waals surface area contributed by atoms with E-state index in [1.807, 2.05) is 0 Å². The van der Waals surface area contributed by atoms with Crippen molar-refractivity contribution in [3.8, 4) is 0 Å². The number of hydrogen-bond acceptors (Lipinski definition) is 3. The van der Waals surface area contributed by atoms with E-state index in [1.165, 1.54) is 25.7 Å². The van der Waals surface area contributed by atoms with Gasteiger partial charge < -0.3 is 14.2 Å². The SMILES string of the molecule is CC(C1OCC(C)(C)CO1)[C@H]1CC[C@H]2C3=CC=C4C[CH][C@@H]5O[C@@H]5[C@]4(C)[C@H]3CC[C@]12C. The number of allylic oxidation sites excluding steroid dienone is 3.